The van der Waals surface area contributed by atoms with Crippen LogP contribution in [0.3, 0.4) is 0 Å². The molecule has 0 radical (unpaired) electrons. The van der Waals surface area contributed by atoms with Gasteiger partial charge in [0.2, 0.25) is 0 Å². The largest absolute Gasteiger partial charge is 0.316 e. The van der Waals surface area contributed by atoms with Crippen molar-refractivity contribution in [1.29, 1.82) is 0 Å². The first-order valence-electron chi connectivity index (χ1n) is 4.71. The molecule has 4 nitrogen and oxygen atoms in total. The zero-order valence-corrected chi connectivity index (χ0v) is 8.93. The maximum absolute atomic E-state index is 5.72. The van der Waals surface area contributed by atoms with Gasteiger partial charge in [-0.05, 0) is 18.1 Å². The van der Waals surface area contributed by atoms with Crippen LogP contribution in [0, 0.1) is 0 Å². The van der Waals surface area contributed by atoms with Crippen molar-refractivity contribution in [3.05, 3.63) is 42.2 Å². The van der Waals surface area contributed by atoms with Crippen molar-refractivity contribution in [3.8, 4) is 0 Å². The fourth-order valence-corrected chi connectivity index (χ4v) is 1.57. The third kappa shape index (κ3) is 2.53. The van der Waals surface area contributed by atoms with Gasteiger partial charge in [0, 0.05) is 18.9 Å². The Balaban J connectivity index is 1.99. The van der Waals surface area contributed by atoms with Gasteiger partial charge in [0.25, 0.3) is 0 Å². The molecular formula is C10H11ClN4. The predicted molar refractivity (Wildman–Crippen MR) is 57.5 cm³/mol. The monoisotopic (exact) mass is 222 g/mol. The molecule has 0 fully saturated rings. The minimum absolute atomic E-state index is 0.396. The van der Waals surface area contributed by atoms with Gasteiger partial charge in [-0.1, -0.05) is 6.07 Å². The van der Waals surface area contributed by atoms with Crippen molar-refractivity contribution in [3.63, 3.8) is 0 Å². The first-order chi connectivity index (χ1) is 7.40. The quantitative estimate of drug-likeness (QED) is 0.739. The highest BCUT2D eigenvalue weighted by Gasteiger charge is 2.02. The van der Waals surface area contributed by atoms with Gasteiger partial charge in [-0.3, -0.25) is 4.98 Å². The second kappa shape index (κ2) is 4.89. The van der Waals surface area contributed by atoms with Crippen molar-refractivity contribution in [2.75, 3.05) is 0 Å². The van der Waals surface area contributed by atoms with Gasteiger partial charge in [0.1, 0.15) is 12.2 Å². The summed E-state index contributed by atoms with van der Waals surface area (Å²) in [5, 5.41) is 7.73. The van der Waals surface area contributed by atoms with Crippen LogP contribution < -0.4 is 0 Å². The predicted octanol–water partition coefficient (Wildman–Crippen LogP) is 1.65. The highest BCUT2D eigenvalue weighted by molar-refractivity contribution is 6.16. The van der Waals surface area contributed by atoms with E-state index >= 15 is 0 Å². The molecule has 0 atom stereocenters. The van der Waals surface area contributed by atoms with Crippen molar-refractivity contribution in [2.24, 2.45) is 0 Å². The summed E-state index contributed by atoms with van der Waals surface area (Å²) >= 11 is 5.72. The summed E-state index contributed by atoms with van der Waals surface area (Å²) in [7, 11) is 0. The van der Waals surface area contributed by atoms with E-state index in [2.05, 4.69) is 21.2 Å². The molecule has 2 rings (SSSR count). The maximum Gasteiger partial charge on any atom is 0.147 e. The van der Waals surface area contributed by atoms with Gasteiger partial charge in [0.15, 0.2) is 0 Å². The molecule has 0 saturated carbocycles. The molecule has 0 spiro atoms. The molecular weight excluding hydrogens is 212 g/mol. The van der Waals surface area contributed by atoms with Crippen LogP contribution in [0.4, 0.5) is 0 Å². The maximum atomic E-state index is 5.72. The Morgan fingerprint density at radius 1 is 1.40 bits per heavy atom. The summed E-state index contributed by atoms with van der Waals surface area (Å²) in [4.78, 5) is 4.06. The number of hydrogen-bond acceptors (Lipinski definition) is 3. The molecule has 0 aliphatic carbocycles. The normalized spacial score (nSPS) is 10.5. The SMILES string of the molecule is ClCc1nncn1CCc1cccnc1. The summed E-state index contributed by atoms with van der Waals surface area (Å²) in [6.07, 6.45) is 6.25. The molecule has 0 bridgehead atoms. The Hall–Kier alpha value is -1.42. The van der Waals surface area contributed by atoms with E-state index < -0.39 is 0 Å². The van der Waals surface area contributed by atoms with E-state index in [1.807, 2.05) is 16.8 Å². The van der Waals surface area contributed by atoms with Crippen LogP contribution >= 0.6 is 11.6 Å². The lowest BCUT2D eigenvalue weighted by molar-refractivity contribution is 0.667. The lowest BCUT2D eigenvalue weighted by atomic mass is 10.2. The molecule has 0 amide bonds. The van der Waals surface area contributed by atoms with Crippen LogP contribution in [-0.4, -0.2) is 19.7 Å². The van der Waals surface area contributed by atoms with E-state index in [9.17, 15) is 0 Å². The highest BCUT2D eigenvalue weighted by atomic mass is 35.5. The third-order valence-electron chi connectivity index (χ3n) is 2.18. The molecule has 5 heteroatoms. The van der Waals surface area contributed by atoms with Crippen molar-refractivity contribution in [1.82, 2.24) is 19.7 Å². The number of aryl methyl sites for hydroxylation is 2. The Labute approximate surface area is 92.9 Å². The molecule has 0 N–H and O–H groups in total. The first-order valence-corrected chi connectivity index (χ1v) is 5.25. The van der Waals surface area contributed by atoms with Crippen LogP contribution in [0.1, 0.15) is 11.4 Å². The molecule has 78 valence electrons. The highest BCUT2D eigenvalue weighted by Crippen LogP contribution is 2.03. The van der Waals surface area contributed by atoms with Crippen LogP contribution in [0.15, 0.2) is 30.9 Å². The van der Waals surface area contributed by atoms with E-state index in [4.69, 9.17) is 11.6 Å². The molecule has 15 heavy (non-hydrogen) atoms. The molecule has 0 aliphatic heterocycles. The molecule has 2 aromatic heterocycles. The van der Waals surface area contributed by atoms with Crippen LogP contribution in [0.2, 0.25) is 0 Å². The first kappa shape index (κ1) is 10.1. The molecule has 0 saturated heterocycles. The topological polar surface area (TPSA) is 43.6 Å². The second-order valence-corrected chi connectivity index (χ2v) is 3.45. The van der Waals surface area contributed by atoms with E-state index in [-0.39, 0.29) is 0 Å². The van der Waals surface area contributed by atoms with Gasteiger partial charge < -0.3 is 4.57 Å². The molecule has 0 aliphatic rings. The number of rotatable bonds is 4. The van der Waals surface area contributed by atoms with Crippen molar-refractivity contribution >= 4 is 11.6 Å². The number of hydrogen-bond donors (Lipinski definition) is 0. The number of halogens is 1. The second-order valence-electron chi connectivity index (χ2n) is 3.19. The summed E-state index contributed by atoms with van der Waals surface area (Å²) < 4.78 is 1.96. The Morgan fingerprint density at radius 3 is 3.07 bits per heavy atom. The minimum Gasteiger partial charge on any atom is -0.316 e. The van der Waals surface area contributed by atoms with Crippen molar-refractivity contribution in [2.45, 2.75) is 18.8 Å². The third-order valence-corrected chi connectivity index (χ3v) is 2.42. The number of alkyl halides is 1. The number of pyridine rings is 1. The lowest BCUT2D eigenvalue weighted by Gasteiger charge is -2.03. The van der Waals surface area contributed by atoms with Gasteiger partial charge >= 0.3 is 0 Å². The molecule has 2 aromatic rings. The van der Waals surface area contributed by atoms with Crippen LogP contribution in [0.5, 0.6) is 0 Å². The number of nitrogens with zero attached hydrogens (tertiary/aromatic N) is 4. The smallest absolute Gasteiger partial charge is 0.147 e. The van der Waals surface area contributed by atoms with E-state index in [0.717, 1.165) is 18.8 Å². The Bertz CT molecular complexity index is 412. The van der Waals surface area contributed by atoms with Gasteiger partial charge in [-0.25, -0.2) is 0 Å². The zero-order valence-electron chi connectivity index (χ0n) is 8.17. The van der Waals surface area contributed by atoms with Gasteiger partial charge in [-0.2, -0.15) is 0 Å². The Kier molecular flexibility index (Phi) is 3.29. The van der Waals surface area contributed by atoms with Gasteiger partial charge in [0.05, 0.1) is 5.88 Å². The van der Waals surface area contributed by atoms with Gasteiger partial charge in [-0.15, -0.1) is 21.8 Å². The summed E-state index contributed by atoms with van der Waals surface area (Å²) in [5.41, 5.74) is 1.20. The van der Waals surface area contributed by atoms with E-state index in [1.165, 1.54) is 5.56 Å². The minimum atomic E-state index is 0.396. The average Bonchev–Trinajstić information content (AvgIpc) is 2.75. The fraction of sp³-hybridized carbons (Fsp3) is 0.300. The Morgan fingerprint density at radius 2 is 2.33 bits per heavy atom. The zero-order chi connectivity index (χ0) is 10.5. The lowest BCUT2D eigenvalue weighted by Crippen LogP contribution is -2.04. The number of aromatic nitrogens is 4. The van der Waals surface area contributed by atoms with Crippen LogP contribution in [-0.2, 0) is 18.8 Å². The fourth-order valence-electron chi connectivity index (χ4n) is 1.36. The molecule has 0 aromatic carbocycles. The standard InChI is InChI=1S/C10H11ClN4/c11-6-10-14-13-8-15(10)5-3-9-2-1-4-12-7-9/h1-2,4,7-8H,3,5-6H2. The summed E-state index contributed by atoms with van der Waals surface area (Å²) in [6, 6.07) is 3.99. The van der Waals surface area contributed by atoms with Crippen LogP contribution in [0.25, 0.3) is 0 Å². The van der Waals surface area contributed by atoms with Crippen molar-refractivity contribution < 1.29 is 0 Å². The average molecular weight is 223 g/mol. The summed E-state index contributed by atoms with van der Waals surface area (Å²) in [5.74, 6) is 1.20. The summed E-state index contributed by atoms with van der Waals surface area (Å²) in [6.45, 7) is 0.834. The van der Waals surface area contributed by atoms with E-state index in [0.29, 0.717) is 5.88 Å². The van der Waals surface area contributed by atoms with E-state index in [1.54, 1.807) is 12.5 Å². The molecule has 0 unspecified atom stereocenters. The molecule has 2 heterocycles.